The zero-order valence-electron chi connectivity index (χ0n) is 14.2. The van der Waals surface area contributed by atoms with Crippen LogP contribution in [0.25, 0.3) is 0 Å². The van der Waals surface area contributed by atoms with Crippen molar-refractivity contribution < 1.29 is 4.79 Å². The molecule has 6 nitrogen and oxygen atoms in total. The fraction of sp³-hybridized carbons (Fsp3) is 0.444. The van der Waals surface area contributed by atoms with Gasteiger partial charge in [0.2, 0.25) is 5.91 Å². The van der Waals surface area contributed by atoms with Gasteiger partial charge in [0.25, 0.3) is 0 Å². The molecule has 0 radical (unpaired) electrons. The minimum atomic E-state index is -0.153. The van der Waals surface area contributed by atoms with Gasteiger partial charge in [0.05, 0.1) is 12.5 Å². The molecule has 24 heavy (non-hydrogen) atoms. The Kier molecular flexibility index (Phi) is 5.15. The van der Waals surface area contributed by atoms with E-state index in [0.717, 1.165) is 30.9 Å². The summed E-state index contributed by atoms with van der Waals surface area (Å²) in [5.41, 5.74) is 0.969. The lowest BCUT2D eigenvalue weighted by Crippen LogP contribution is -2.37. The first-order valence-electron chi connectivity index (χ1n) is 8.30. The van der Waals surface area contributed by atoms with Crippen molar-refractivity contribution in [2.45, 2.75) is 31.8 Å². The number of pyridine rings is 1. The Morgan fingerprint density at radius 1 is 1.33 bits per heavy atom. The van der Waals surface area contributed by atoms with Crippen molar-refractivity contribution >= 4 is 5.91 Å². The van der Waals surface area contributed by atoms with Crippen molar-refractivity contribution in [3.8, 4) is 0 Å². The molecule has 0 unspecified atom stereocenters. The third-order valence-electron chi connectivity index (χ3n) is 4.66. The number of amides is 1. The average Bonchev–Trinajstić information content (AvgIpc) is 3.12. The summed E-state index contributed by atoms with van der Waals surface area (Å²) in [6.45, 7) is 4.21. The smallest absolute Gasteiger partial charge is 0.229 e. The second-order valence-electron chi connectivity index (χ2n) is 6.31. The summed E-state index contributed by atoms with van der Waals surface area (Å²) in [6, 6.07) is 6.00. The van der Waals surface area contributed by atoms with Gasteiger partial charge in [-0.05, 0) is 38.1 Å². The van der Waals surface area contributed by atoms with Crippen LogP contribution >= 0.6 is 0 Å². The van der Waals surface area contributed by atoms with Gasteiger partial charge < -0.3 is 4.90 Å². The Hall–Kier alpha value is -2.34. The molecule has 0 aliphatic carbocycles. The molecule has 1 aliphatic heterocycles. The highest BCUT2D eigenvalue weighted by Gasteiger charge is 2.31. The molecule has 2 atom stereocenters. The van der Waals surface area contributed by atoms with E-state index in [2.05, 4.69) is 26.9 Å². The normalized spacial score (nSPS) is 18.8. The Bertz CT molecular complexity index is 664. The van der Waals surface area contributed by atoms with E-state index < -0.39 is 0 Å². The van der Waals surface area contributed by atoms with Crippen molar-refractivity contribution in [2.75, 3.05) is 20.1 Å². The van der Waals surface area contributed by atoms with E-state index >= 15 is 0 Å². The molecule has 1 saturated heterocycles. The summed E-state index contributed by atoms with van der Waals surface area (Å²) in [7, 11) is 2.07. The summed E-state index contributed by atoms with van der Waals surface area (Å²) in [5.74, 6) is 0.837. The quantitative estimate of drug-likeness (QED) is 0.837. The first-order valence-corrected chi connectivity index (χ1v) is 8.30. The van der Waals surface area contributed by atoms with Gasteiger partial charge in [0.1, 0.15) is 5.82 Å². The molecule has 1 amide bonds. The van der Waals surface area contributed by atoms with Crippen molar-refractivity contribution in [1.82, 2.24) is 24.8 Å². The number of rotatable bonds is 5. The largest absolute Gasteiger partial charge is 0.341 e. The average molecular weight is 325 g/mol. The van der Waals surface area contributed by atoms with E-state index in [0.29, 0.717) is 12.6 Å². The van der Waals surface area contributed by atoms with E-state index in [1.54, 1.807) is 24.8 Å². The maximum atomic E-state index is 12.7. The first-order chi connectivity index (χ1) is 11.6. The van der Waals surface area contributed by atoms with E-state index in [9.17, 15) is 4.79 Å². The zero-order chi connectivity index (χ0) is 16.9. The number of aromatic nitrogens is 3. The Morgan fingerprint density at radius 3 is 2.83 bits per heavy atom. The molecule has 0 saturated carbocycles. The monoisotopic (exact) mass is 325 g/mol. The lowest BCUT2D eigenvalue weighted by Gasteiger charge is -2.25. The van der Waals surface area contributed by atoms with Crippen LogP contribution in [-0.4, -0.2) is 56.8 Å². The molecule has 3 heterocycles. The number of carbonyl (C=O) groups is 1. The van der Waals surface area contributed by atoms with Gasteiger partial charge in [-0.2, -0.15) is 0 Å². The molecule has 0 spiro atoms. The minimum absolute atomic E-state index is 0.153. The lowest BCUT2D eigenvalue weighted by atomic mass is 10.0. The molecular formula is C18H23N5O. The molecule has 1 fully saturated rings. The van der Waals surface area contributed by atoms with Gasteiger partial charge in [0.15, 0.2) is 0 Å². The van der Waals surface area contributed by atoms with Crippen molar-refractivity contribution in [2.24, 2.45) is 0 Å². The summed E-state index contributed by atoms with van der Waals surface area (Å²) in [6.07, 6.45) is 8.00. The number of likely N-dealkylation sites (N-methyl/N-ethyl adjacent to an activating group) is 1. The Balaban J connectivity index is 1.57. The van der Waals surface area contributed by atoms with E-state index in [1.165, 1.54) is 0 Å². The van der Waals surface area contributed by atoms with Gasteiger partial charge in [-0.3, -0.25) is 14.7 Å². The van der Waals surface area contributed by atoms with Crippen LogP contribution in [0.3, 0.4) is 0 Å². The maximum absolute atomic E-state index is 12.7. The van der Waals surface area contributed by atoms with E-state index in [4.69, 9.17) is 0 Å². The molecule has 3 rings (SSSR count). The molecule has 6 heteroatoms. The van der Waals surface area contributed by atoms with Crippen LogP contribution in [0.5, 0.6) is 0 Å². The molecular weight excluding hydrogens is 302 g/mol. The summed E-state index contributed by atoms with van der Waals surface area (Å²) in [4.78, 5) is 29.6. The number of nitrogens with zero attached hydrogens (tertiary/aromatic N) is 5. The number of likely N-dealkylation sites (tertiary alicyclic amines) is 1. The number of carbonyl (C=O) groups excluding carboxylic acids is 1. The standard InChI is InChI=1S/C18H23N5O/c1-14(15-5-3-7-19-11-15)18(24)23-10-6-16(12-23)22(2)13-17-20-8-4-9-21-17/h3-5,7-9,11,14,16H,6,10,12-13H2,1-2H3/t14-,16-/m0/s1. The fourth-order valence-electron chi connectivity index (χ4n) is 3.11. The SMILES string of the molecule is C[C@H](C(=O)N1CC[C@H](N(C)Cc2ncccn2)C1)c1cccnc1. The van der Waals surface area contributed by atoms with Crippen molar-refractivity contribution in [3.63, 3.8) is 0 Å². The van der Waals surface area contributed by atoms with Crippen molar-refractivity contribution in [3.05, 3.63) is 54.4 Å². The van der Waals surface area contributed by atoms with Crippen LogP contribution in [0.1, 0.15) is 30.7 Å². The predicted molar refractivity (Wildman–Crippen MR) is 91.1 cm³/mol. The summed E-state index contributed by atoms with van der Waals surface area (Å²) in [5, 5.41) is 0. The lowest BCUT2D eigenvalue weighted by molar-refractivity contribution is -0.131. The highest BCUT2D eigenvalue weighted by Crippen LogP contribution is 2.22. The zero-order valence-corrected chi connectivity index (χ0v) is 14.2. The van der Waals surface area contributed by atoms with E-state index in [-0.39, 0.29) is 11.8 Å². The summed E-state index contributed by atoms with van der Waals surface area (Å²) >= 11 is 0. The molecule has 2 aromatic heterocycles. The third-order valence-corrected chi connectivity index (χ3v) is 4.66. The van der Waals surface area contributed by atoms with Gasteiger partial charge in [0, 0.05) is 43.9 Å². The maximum Gasteiger partial charge on any atom is 0.229 e. The second-order valence-corrected chi connectivity index (χ2v) is 6.31. The van der Waals surface area contributed by atoms with Gasteiger partial charge >= 0.3 is 0 Å². The number of hydrogen-bond donors (Lipinski definition) is 0. The minimum Gasteiger partial charge on any atom is -0.341 e. The molecule has 2 aromatic rings. The van der Waals surface area contributed by atoms with Crippen LogP contribution in [0.4, 0.5) is 0 Å². The van der Waals surface area contributed by atoms with Gasteiger partial charge in [-0.15, -0.1) is 0 Å². The third kappa shape index (κ3) is 3.76. The van der Waals surface area contributed by atoms with Crippen LogP contribution < -0.4 is 0 Å². The van der Waals surface area contributed by atoms with Crippen molar-refractivity contribution in [1.29, 1.82) is 0 Å². The van der Waals surface area contributed by atoms with Gasteiger partial charge in [-0.25, -0.2) is 9.97 Å². The topological polar surface area (TPSA) is 62.2 Å². The highest BCUT2D eigenvalue weighted by molar-refractivity contribution is 5.83. The van der Waals surface area contributed by atoms with Crippen LogP contribution in [0.2, 0.25) is 0 Å². The predicted octanol–water partition coefficient (Wildman–Crippen LogP) is 1.71. The Morgan fingerprint density at radius 2 is 2.12 bits per heavy atom. The fourth-order valence-corrected chi connectivity index (χ4v) is 3.11. The molecule has 0 N–H and O–H groups in total. The molecule has 126 valence electrons. The molecule has 0 aromatic carbocycles. The van der Waals surface area contributed by atoms with Gasteiger partial charge in [-0.1, -0.05) is 6.07 Å². The number of hydrogen-bond acceptors (Lipinski definition) is 5. The van der Waals surface area contributed by atoms with E-state index in [1.807, 2.05) is 30.0 Å². The Labute approximate surface area is 142 Å². The summed E-state index contributed by atoms with van der Waals surface area (Å²) < 4.78 is 0. The highest BCUT2D eigenvalue weighted by atomic mass is 16.2. The second kappa shape index (κ2) is 7.49. The van der Waals surface area contributed by atoms with Crippen LogP contribution in [0, 0.1) is 0 Å². The van der Waals surface area contributed by atoms with Crippen LogP contribution in [0.15, 0.2) is 43.0 Å². The first kappa shape index (κ1) is 16.5. The molecule has 1 aliphatic rings. The molecule has 0 bridgehead atoms. The van der Waals surface area contributed by atoms with Crippen LogP contribution in [-0.2, 0) is 11.3 Å².